The Kier molecular flexibility index (Phi) is 6.75. The van der Waals surface area contributed by atoms with E-state index in [1.165, 1.54) is 0 Å². The van der Waals surface area contributed by atoms with Gasteiger partial charge in [-0.05, 0) is 44.4 Å². The number of anilines is 2. The van der Waals surface area contributed by atoms with Crippen LogP contribution in [0.15, 0.2) is 18.2 Å². The number of hydrogen-bond donors (Lipinski definition) is 2. The zero-order valence-corrected chi connectivity index (χ0v) is 15.5. The minimum atomic E-state index is -1.15. The first kappa shape index (κ1) is 18.9. The fourth-order valence-electron chi connectivity index (χ4n) is 2.63. The molecule has 1 fully saturated rings. The molecule has 24 heavy (non-hydrogen) atoms. The van der Waals surface area contributed by atoms with Crippen LogP contribution in [-0.2, 0) is 4.79 Å². The van der Waals surface area contributed by atoms with E-state index >= 15 is 0 Å². The van der Waals surface area contributed by atoms with Gasteiger partial charge in [-0.25, -0.2) is 0 Å². The fourth-order valence-corrected chi connectivity index (χ4v) is 2.74. The van der Waals surface area contributed by atoms with Gasteiger partial charge in [0, 0.05) is 30.5 Å². The van der Waals surface area contributed by atoms with Crippen LogP contribution in [0.1, 0.15) is 43.5 Å². The molecule has 0 aliphatic carbocycles. The van der Waals surface area contributed by atoms with Gasteiger partial charge in [0.15, 0.2) is 4.84 Å². The molecule has 1 aliphatic rings. The highest BCUT2D eigenvalue weighted by molar-refractivity contribution is 6.54. The molecule has 1 aromatic rings. The quantitative estimate of drug-likeness (QED) is 0.751. The van der Waals surface area contributed by atoms with Gasteiger partial charge in [-0.1, -0.05) is 30.1 Å². The zero-order valence-electron chi connectivity index (χ0n) is 13.9. The monoisotopic (exact) mass is 371 g/mol. The van der Waals surface area contributed by atoms with Crippen LogP contribution in [0.3, 0.4) is 0 Å². The van der Waals surface area contributed by atoms with Crippen LogP contribution < -0.4 is 15.5 Å². The number of alkyl halides is 2. The van der Waals surface area contributed by atoms with Crippen LogP contribution >= 0.6 is 23.2 Å². The molecule has 7 heteroatoms. The van der Waals surface area contributed by atoms with Crippen molar-refractivity contribution in [2.75, 3.05) is 23.3 Å². The van der Waals surface area contributed by atoms with Crippen molar-refractivity contribution in [2.24, 2.45) is 0 Å². The summed E-state index contributed by atoms with van der Waals surface area (Å²) in [5.41, 5.74) is 1.94. The molecule has 0 radical (unpaired) electrons. The van der Waals surface area contributed by atoms with Crippen LogP contribution in [0.2, 0.25) is 0 Å². The Balaban J connectivity index is 2.30. The second-order valence-electron chi connectivity index (χ2n) is 6.00. The summed E-state index contributed by atoms with van der Waals surface area (Å²) in [5, 5.41) is 5.60. The van der Waals surface area contributed by atoms with Crippen molar-refractivity contribution in [3.05, 3.63) is 23.8 Å². The molecule has 1 heterocycles. The molecule has 1 aliphatic heterocycles. The molecule has 5 nitrogen and oxygen atoms in total. The summed E-state index contributed by atoms with van der Waals surface area (Å²) in [6.07, 6.45) is 3.08. The van der Waals surface area contributed by atoms with E-state index in [0.29, 0.717) is 11.3 Å². The van der Waals surface area contributed by atoms with Crippen LogP contribution in [0.25, 0.3) is 0 Å². The highest BCUT2D eigenvalue weighted by Crippen LogP contribution is 2.28. The second kappa shape index (κ2) is 8.58. The Morgan fingerprint density at radius 3 is 2.50 bits per heavy atom. The van der Waals surface area contributed by atoms with Gasteiger partial charge in [-0.2, -0.15) is 0 Å². The molecule has 0 unspecified atom stereocenters. The average molecular weight is 372 g/mol. The van der Waals surface area contributed by atoms with Gasteiger partial charge in [-0.15, -0.1) is 0 Å². The van der Waals surface area contributed by atoms with E-state index in [0.717, 1.165) is 38.0 Å². The Morgan fingerprint density at radius 1 is 1.25 bits per heavy atom. The summed E-state index contributed by atoms with van der Waals surface area (Å²) in [5.74, 6) is -0.656. The maximum atomic E-state index is 12.7. The minimum absolute atomic E-state index is 0.0808. The zero-order chi connectivity index (χ0) is 17.7. The summed E-state index contributed by atoms with van der Waals surface area (Å²) in [7, 11) is 0. The number of benzene rings is 1. The number of hydrogen-bond acceptors (Lipinski definition) is 3. The number of carbonyl (C=O) groups excluding carboxylic acids is 2. The lowest BCUT2D eigenvalue weighted by Gasteiger charge is -2.23. The Morgan fingerprint density at radius 2 is 1.92 bits per heavy atom. The van der Waals surface area contributed by atoms with Gasteiger partial charge < -0.3 is 15.5 Å². The van der Waals surface area contributed by atoms with Crippen molar-refractivity contribution in [1.82, 2.24) is 5.32 Å². The molecule has 0 saturated carbocycles. The summed E-state index contributed by atoms with van der Waals surface area (Å²) >= 11 is 11.1. The molecule has 2 amide bonds. The minimum Gasteiger partial charge on any atom is -0.371 e. The number of amides is 2. The largest absolute Gasteiger partial charge is 0.371 e. The third-order valence-electron chi connectivity index (χ3n) is 4.14. The number of nitrogens with one attached hydrogen (secondary N) is 2. The third kappa shape index (κ3) is 4.77. The van der Waals surface area contributed by atoms with E-state index in [1.54, 1.807) is 12.1 Å². The average Bonchev–Trinajstić information content (AvgIpc) is 3.08. The van der Waals surface area contributed by atoms with E-state index in [2.05, 4.69) is 15.5 Å². The highest BCUT2D eigenvalue weighted by atomic mass is 35.5. The van der Waals surface area contributed by atoms with E-state index < -0.39 is 10.7 Å². The molecule has 2 rings (SSSR count). The predicted molar refractivity (Wildman–Crippen MR) is 99.2 cm³/mol. The van der Waals surface area contributed by atoms with Crippen LogP contribution in [-0.4, -0.2) is 35.8 Å². The van der Waals surface area contributed by atoms with Gasteiger partial charge in [0.1, 0.15) is 0 Å². The third-order valence-corrected chi connectivity index (χ3v) is 4.54. The van der Waals surface area contributed by atoms with Crippen molar-refractivity contribution in [1.29, 1.82) is 0 Å². The summed E-state index contributed by atoms with van der Waals surface area (Å²) in [6.45, 7) is 5.84. The van der Waals surface area contributed by atoms with Crippen LogP contribution in [0.4, 0.5) is 11.4 Å². The van der Waals surface area contributed by atoms with Crippen LogP contribution in [0, 0.1) is 0 Å². The summed E-state index contributed by atoms with van der Waals surface area (Å²) in [4.78, 5) is 25.4. The summed E-state index contributed by atoms with van der Waals surface area (Å²) in [6, 6.07) is 5.39. The first-order valence-electron chi connectivity index (χ1n) is 8.21. The first-order valence-corrected chi connectivity index (χ1v) is 9.08. The Hall–Kier alpha value is -1.46. The number of nitrogens with zero attached hydrogens (tertiary/aromatic N) is 1. The van der Waals surface area contributed by atoms with Gasteiger partial charge in [0.25, 0.3) is 11.8 Å². The van der Waals surface area contributed by atoms with E-state index in [-0.39, 0.29) is 11.9 Å². The topological polar surface area (TPSA) is 61.4 Å². The number of halogens is 2. The molecule has 2 N–H and O–H groups in total. The van der Waals surface area contributed by atoms with Gasteiger partial charge in [-0.3, -0.25) is 9.59 Å². The molecule has 0 spiro atoms. The molecule has 1 aromatic carbocycles. The summed E-state index contributed by atoms with van der Waals surface area (Å²) < 4.78 is 0. The maximum absolute atomic E-state index is 12.7. The standard InChI is InChI=1S/C17H23Cl2N3O2/c1-3-11(2)20-16(23)13-10-12(21-17(24)15(18)19)6-7-14(13)22-8-4-5-9-22/h6-7,10-11,15H,3-5,8-9H2,1-2H3,(H,20,23)(H,21,24)/t11-/m0/s1. The van der Waals surface area contributed by atoms with Gasteiger partial charge in [0.2, 0.25) is 0 Å². The number of rotatable bonds is 6. The molecule has 1 saturated heterocycles. The van der Waals surface area contributed by atoms with Crippen molar-refractivity contribution in [3.8, 4) is 0 Å². The van der Waals surface area contributed by atoms with Crippen molar-refractivity contribution < 1.29 is 9.59 Å². The van der Waals surface area contributed by atoms with Gasteiger partial charge in [0.05, 0.1) is 5.56 Å². The molecular weight excluding hydrogens is 349 g/mol. The van der Waals surface area contributed by atoms with E-state index in [4.69, 9.17) is 23.2 Å². The lowest BCUT2D eigenvalue weighted by molar-refractivity contribution is -0.114. The molecule has 1 atom stereocenters. The molecule has 0 bridgehead atoms. The van der Waals surface area contributed by atoms with Crippen molar-refractivity contribution in [2.45, 2.75) is 44.0 Å². The SMILES string of the molecule is CC[C@H](C)NC(=O)c1cc(NC(=O)C(Cl)Cl)ccc1N1CCCC1. The first-order chi connectivity index (χ1) is 11.4. The lowest BCUT2D eigenvalue weighted by Crippen LogP contribution is -2.33. The van der Waals surface area contributed by atoms with E-state index in [1.807, 2.05) is 19.9 Å². The second-order valence-corrected chi connectivity index (χ2v) is 7.10. The van der Waals surface area contributed by atoms with Crippen molar-refractivity contribution >= 4 is 46.4 Å². The normalized spacial score (nSPS) is 15.5. The van der Waals surface area contributed by atoms with Gasteiger partial charge >= 0.3 is 0 Å². The molecular formula is C17H23Cl2N3O2. The fraction of sp³-hybridized carbons (Fsp3) is 0.529. The molecule has 0 aromatic heterocycles. The predicted octanol–water partition coefficient (Wildman–Crippen LogP) is 3.56. The lowest BCUT2D eigenvalue weighted by atomic mass is 10.1. The maximum Gasteiger partial charge on any atom is 0.257 e. The molecule has 132 valence electrons. The Labute approximate surface area is 152 Å². The van der Waals surface area contributed by atoms with Crippen molar-refractivity contribution in [3.63, 3.8) is 0 Å². The van der Waals surface area contributed by atoms with Crippen LogP contribution in [0.5, 0.6) is 0 Å². The highest BCUT2D eigenvalue weighted by Gasteiger charge is 2.21. The number of carbonyl (C=O) groups is 2. The smallest absolute Gasteiger partial charge is 0.257 e. The van der Waals surface area contributed by atoms with E-state index in [9.17, 15) is 9.59 Å². The Bertz CT molecular complexity index is 601.